The summed E-state index contributed by atoms with van der Waals surface area (Å²) in [7, 11) is -4.02. The number of thiophene rings is 1. The van der Waals surface area contributed by atoms with Gasteiger partial charge in [0.25, 0.3) is 15.9 Å². The summed E-state index contributed by atoms with van der Waals surface area (Å²) in [5.74, 6) is -2.12. The van der Waals surface area contributed by atoms with E-state index in [2.05, 4.69) is 17.0 Å². The van der Waals surface area contributed by atoms with Gasteiger partial charge in [-0.25, -0.2) is 18.0 Å². The first kappa shape index (κ1) is 33.4. The molecule has 1 heterocycles. The van der Waals surface area contributed by atoms with Crippen LogP contribution in [0.15, 0.2) is 83.8 Å². The normalized spacial score (nSPS) is 11.8. The van der Waals surface area contributed by atoms with Crippen LogP contribution >= 0.6 is 11.3 Å². The first-order chi connectivity index (χ1) is 21.5. The molecule has 236 valence electrons. The minimum absolute atomic E-state index is 0.00198. The fourth-order valence-corrected chi connectivity index (χ4v) is 6.54. The molecular weight excluding hydrogens is 613 g/mol. The van der Waals surface area contributed by atoms with Gasteiger partial charge in [0.1, 0.15) is 5.00 Å². The smallest absolute Gasteiger partial charge is 0.341 e. The van der Waals surface area contributed by atoms with E-state index in [1.54, 1.807) is 32.0 Å². The SMILES string of the molecule is CCCCc1ccc(NS(=O)(=O)c2ccc(C)c(C(=O)O[C@H](C)C(=O)Nc3sc(-c4ccccc4)cc3C(=O)OCC)c2)cc1. The Morgan fingerprint density at radius 1 is 0.889 bits per heavy atom. The zero-order chi connectivity index (χ0) is 32.6. The number of sulfonamides is 1. The van der Waals surface area contributed by atoms with E-state index in [1.807, 2.05) is 42.5 Å². The summed E-state index contributed by atoms with van der Waals surface area (Å²) in [6.07, 6.45) is 1.76. The van der Waals surface area contributed by atoms with Gasteiger partial charge in [-0.1, -0.05) is 61.9 Å². The second-order valence-corrected chi connectivity index (χ2v) is 13.1. The summed E-state index contributed by atoms with van der Waals surface area (Å²) in [6, 6.07) is 22.3. The lowest BCUT2D eigenvalue weighted by Gasteiger charge is -2.15. The molecule has 4 rings (SSSR count). The predicted octanol–water partition coefficient (Wildman–Crippen LogP) is 7.23. The lowest BCUT2D eigenvalue weighted by Crippen LogP contribution is -2.30. The van der Waals surface area contributed by atoms with Crippen molar-refractivity contribution in [3.63, 3.8) is 0 Å². The maximum Gasteiger partial charge on any atom is 0.341 e. The van der Waals surface area contributed by atoms with Crippen LogP contribution < -0.4 is 10.0 Å². The zero-order valence-corrected chi connectivity index (χ0v) is 27.2. The Balaban J connectivity index is 1.47. The van der Waals surface area contributed by atoms with Crippen LogP contribution in [0.1, 0.15) is 65.5 Å². The molecular formula is C34H36N2O7S2. The van der Waals surface area contributed by atoms with E-state index in [1.165, 1.54) is 36.5 Å². The van der Waals surface area contributed by atoms with E-state index < -0.39 is 34.0 Å². The Hall–Kier alpha value is -4.48. The Kier molecular flexibility index (Phi) is 11.1. The molecule has 2 N–H and O–H groups in total. The average molecular weight is 649 g/mol. The number of carbonyl (C=O) groups excluding carboxylic acids is 3. The minimum Gasteiger partial charge on any atom is -0.462 e. The van der Waals surface area contributed by atoms with Crippen molar-refractivity contribution in [2.45, 2.75) is 58.0 Å². The van der Waals surface area contributed by atoms with Crippen molar-refractivity contribution in [3.8, 4) is 10.4 Å². The molecule has 0 spiro atoms. The summed E-state index contributed by atoms with van der Waals surface area (Å²) >= 11 is 1.19. The first-order valence-corrected chi connectivity index (χ1v) is 16.9. The number of hydrogen-bond acceptors (Lipinski definition) is 8. The highest BCUT2D eigenvalue weighted by atomic mass is 32.2. The van der Waals surface area contributed by atoms with Crippen molar-refractivity contribution in [2.24, 2.45) is 0 Å². The molecule has 4 aromatic rings. The van der Waals surface area contributed by atoms with Crippen LogP contribution in [0.25, 0.3) is 10.4 Å². The van der Waals surface area contributed by atoms with Crippen molar-refractivity contribution in [2.75, 3.05) is 16.6 Å². The van der Waals surface area contributed by atoms with Gasteiger partial charge in [-0.2, -0.15) is 0 Å². The number of ether oxygens (including phenoxy) is 2. The highest BCUT2D eigenvalue weighted by molar-refractivity contribution is 7.92. The van der Waals surface area contributed by atoms with Crippen LogP contribution in [0.5, 0.6) is 0 Å². The van der Waals surface area contributed by atoms with Crippen LogP contribution in [0.2, 0.25) is 0 Å². The molecule has 0 aliphatic rings. The van der Waals surface area contributed by atoms with Gasteiger partial charge in [-0.3, -0.25) is 9.52 Å². The third-order valence-electron chi connectivity index (χ3n) is 6.94. The van der Waals surface area contributed by atoms with Gasteiger partial charge in [0.15, 0.2) is 6.10 Å². The molecule has 0 fully saturated rings. The average Bonchev–Trinajstić information content (AvgIpc) is 3.45. The van der Waals surface area contributed by atoms with E-state index in [0.29, 0.717) is 11.3 Å². The third kappa shape index (κ3) is 8.58. The van der Waals surface area contributed by atoms with Crippen molar-refractivity contribution in [1.29, 1.82) is 0 Å². The number of carbonyl (C=O) groups is 3. The quantitative estimate of drug-likeness (QED) is 0.146. The molecule has 0 saturated carbocycles. The fraction of sp³-hybridized carbons (Fsp3) is 0.265. The molecule has 1 amide bonds. The molecule has 45 heavy (non-hydrogen) atoms. The second-order valence-electron chi connectivity index (χ2n) is 10.4. The lowest BCUT2D eigenvalue weighted by molar-refractivity contribution is -0.123. The number of nitrogens with one attached hydrogen (secondary N) is 2. The van der Waals surface area contributed by atoms with Crippen LogP contribution in [-0.2, 0) is 30.7 Å². The molecule has 1 aromatic heterocycles. The zero-order valence-electron chi connectivity index (χ0n) is 25.6. The summed E-state index contributed by atoms with van der Waals surface area (Å²) in [5, 5.41) is 2.94. The number of unbranched alkanes of at least 4 members (excludes halogenated alkanes) is 1. The fourth-order valence-electron chi connectivity index (χ4n) is 4.40. The lowest BCUT2D eigenvalue weighted by atomic mass is 10.1. The van der Waals surface area contributed by atoms with Crippen LogP contribution in [-0.4, -0.2) is 39.0 Å². The third-order valence-corrected chi connectivity index (χ3v) is 9.42. The van der Waals surface area contributed by atoms with Crippen molar-refractivity contribution < 1.29 is 32.3 Å². The molecule has 9 nitrogen and oxygen atoms in total. The standard InChI is InChI=1S/C34H36N2O7S2/c1-5-7-11-24-15-17-26(18-16-24)36-45(40,41)27-19-14-22(3)28(20-27)34(39)43-23(4)31(37)35-32-29(33(38)42-6-2)21-30(44-32)25-12-9-8-10-13-25/h8-10,12-21,23,36H,5-7,11H2,1-4H3,(H,35,37)/t23-/m1/s1. The van der Waals surface area contributed by atoms with E-state index in [-0.39, 0.29) is 27.6 Å². The molecule has 0 unspecified atom stereocenters. The van der Waals surface area contributed by atoms with Crippen LogP contribution in [0.3, 0.4) is 0 Å². The topological polar surface area (TPSA) is 128 Å². The molecule has 0 radical (unpaired) electrons. The Morgan fingerprint density at radius 3 is 2.27 bits per heavy atom. The second kappa shape index (κ2) is 15.0. The summed E-state index contributed by atoms with van der Waals surface area (Å²) in [4.78, 5) is 39.5. The van der Waals surface area contributed by atoms with Gasteiger partial charge in [0.05, 0.1) is 22.6 Å². The molecule has 3 aromatic carbocycles. The summed E-state index contributed by atoms with van der Waals surface area (Å²) in [6.45, 7) is 6.99. The van der Waals surface area contributed by atoms with E-state index in [0.717, 1.165) is 35.3 Å². The van der Waals surface area contributed by atoms with Crippen molar-refractivity contribution in [3.05, 3.63) is 101 Å². The number of benzene rings is 3. The number of rotatable bonds is 13. The van der Waals surface area contributed by atoms with Gasteiger partial charge in [0.2, 0.25) is 0 Å². The van der Waals surface area contributed by atoms with Crippen molar-refractivity contribution >= 4 is 49.9 Å². The van der Waals surface area contributed by atoms with E-state index >= 15 is 0 Å². The number of aryl methyl sites for hydroxylation is 2. The predicted molar refractivity (Wildman–Crippen MR) is 176 cm³/mol. The van der Waals surface area contributed by atoms with Crippen molar-refractivity contribution in [1.82, 2.24) is 0 Å². The molecule has 0 bridgehead atoms. The number of amides is 1. The molecule has 0 saturated heterocycles. The van der Waals surface area contributed by atoms with Gasteiger partial charge in [-0.15, -0.1) is 11.3 Å². The number of hydrogen-bond donors (Lipinski definition) is 2. The van der Waals surface area contributed by atoms with E-state index in [4.69, 9.17) is 9.47 Å². The van der Waals surface area contributed by atoms with Gasteiger partial charge < -0.3 is 14.8 Å². The Bertz CT molecular complexity index is 1770. The maximum atomic E-state index is 13.2. The summed E-state index contributed by atoms with van der Waals surface area (Å²) in [5.41, 5.74) is 3.04. The van der Waals surface area contributed by atoms with Gasteiger partial charge in [0, 0.05) is 10.6 Å². The van der Waals surface area contributed by atoms with Gasteiger partial charge in [-0.05, 0) is 80.6 Å². The largest absolute Gasteiger partial charge is 0.462 e. The molecule has 11 heteroatoms. The number of anilines is 2. The first-order valence-electron chi connectivity index (χ1n) is 14.6. The Morgan fingerprint density at radius 2 is 1.60 bits per heavy atom. The minimum atomic E-state index is -4.02. The van der Waals surface area contributed by atoms with Gasteiger partial charge >= 0.3 is 11.9 Å². The monoisotopic (exact) mass is 648 g/mol. The molecule has 0 aliphatic heterocycles. The molecule has 1 atom stereocenters. The Labute approximate surface area is 267 Å². The molecule has 0 aliphatic carbocycles. The highest BCUT2D eigenvalue weighted by Crippen LogP contribution is 2.36. The van der Waals surface area contributed by atoms with Crippen LogP contribution in [0, 0.1) is 6.92 Å². The highest BCUT2D eigenvalue weighted by Gasteiger charge is 2.26. The summed E-state index contributed by atoms with van der Waals surface area (Å²) < 4.78 is 39.5. The number of esters is 2. The van der Waals surface area contributed by atoms with Crippen LogP contribution in [0.4, 0.5) is 10.7 Å². The maximum absolute atomic E-state index is 13.2. The van der Waals surface area contributed by atoms with E-state index in [9.17, 15) is 22.8 Å².